The van der Waals surface area contributed by atoms with Crippen LogP contribution in [-0.2, 0) is 6.54 Å². The molecule has 0 unspecified atom stereocenters. The summed E-state index contributed by atoms with van der Waals surface area (Å²) in [5.74, 6) is -0.295. The highest BCUT2D eigenvalue weighted by molar-refractivity contribution is 7.15. The number of benzene rings is 1. The van der Waals surface area contributed by atoms with E-state index in [2.05, 4.69) is 18.3 Å². The van der Waals surface area contributed by atoms with E-state index in [0.29, 0.717) is 5.02 Å². The predicted molar refractivity (Wildman–Crippen MR) is 76.7 cm³/mol. The molecule has 0 aliphatic rings. The van der Waals surface area contributed by atoms with Crippen LogP contribution in [0, 0.1) is 5.82 Å². The van der Waals surface area contributed by atoms with Gasteiger partial charge in [-0.05, 0) is 48.9 Å². The number of hydrogen-bond donors (Lipinski definition) is 1. The zero-order valence-corrected chi connectivity index (χ0v) is 11.7. The molecule has 0 fully saturated rings. The smallest absolute Gasteiger partial charge is 0.125 e. The summed E-state index contributed by atoms with van der Waals surface area (Å²) < 4.78 is 13.3. The van der Waals surface area contributed by atoms with Gasteiger partial charge in [0.05, 0.1) is 0 Å². The lowest BCUT2D eigenvalue weighted by molar-refractivity contribution is 0.628. The Morgan fingerprint density at radius 1 is 1.28 bits per heavy atom. The molecule has 0 saturated heterocycles. The third-order valence-electron chi connectivity index (χ3n) is 2.53. The van der Waals surface area contributed by atoms with E-state index < -0.39 is 0 Å². The normalized spacial score (nSPS) is 10.8. The predicted octanol–water partition coefficient (Wildman–Crippen LogP) is 4.71. The Morgan fingerprint density at radius 3 is 2.83 bits per heavy atom. The van der Waals surface area contributed by atoms with E-state index in [0.717, 1.165) is 30.0 Å². The Hall–Kier alpha value is -0.900. The van der Waals surface area contributed by atoms with Crippen LogP contribution in [0.2, 0.25) is 5.02 Å². The summed E-state index contributed by atoms with van der Waals surface area (Å²) in [5.41, 5.74) is 0.840. The average Bonchev–Trinajstić information content (AvgIpc) is 2.77. The van der Waals surface area contributed by atoms with E-state index in [-0.39, 0.29) is 5.82 Å². The van der Waals surface area contributed by atoms with Crippen molar-refractivity contribution in [2.24, 2.45) is 0 Å². The van der Waals surface area contributed by atoms with Gasteiger partial charge in [-0.1, -0.05) is 18.5 Å². The molecule has 2 rings (SSSR count). The highest BCUT2D eigenvalue weighted by atomic mass is 35.5. The molecule has 2 aromatic rings. The molecule has 1 heterocycles. The second kappa shape index (κ2) is 6.32. The van der Waals surface area contributed by atoms with Crippen LogP contribution in [0.15, 0.2) is 30.3 Å². The van der Waals surface area contributed by atoms with Crippen molar-refractivity contribution >= 4 is 22.9 Å². The van der Waals surface area contributed by atoms with Crippen molar-refractivity contribution in [2.45, 2.75) is 19.9 Å². The number of thiophene rings is 1. The minimum absolute atomic E-state index is 0.295. The first-order chi connectivity index (χ1) is 8.69. The van der Waals surface area contributed by atoms with Gasteiger partial charge in [0.2, 0.25) is 0 Å². The summed E-state index contributed by atoms with van der Waals surface area (Å²) in [6.07, 6.45) is 1.12. The van der Waals surface area contributed by atoms with Crippen molar-refractivity contribution in [3.63, 3.8) is 0 Å². The van der Waals surface area contributed by atoms with Gasteiger partial charge in [0.15, 0.2) is 0 Å². The van der Waals surface area contributed by atoms with Crippen molar-refractivity contribution in [2.75, 3.05) is 6.54 Å². The van der Waals surface area contributed by atoms with Crippen molar-refractivity contribution in [1.29, 1.82) is 0 Å². The maximum atomic E-state index is 13.3. The van der Waals surface area contributed by atoms with E-state index in [1.165, 1.54) is 17.0 Å². The molecular weight excluding hydrogens is 269 g/mol. The van der Waals surface area contributed by atoms with Crippen molar-refractivity contribution in [3.8, 4) is 10.4 Å². The summed E-state index contributed by atoms with van der Waals surface area (Å²) >= 11 is 7.53. The van der Waals surface area contributed by atoms with Crippen molar-refractivity contribution in [1.82, 2.24) is 5.32 Å². The number of nitrogens with one attached hydrogen (secondary N) is 1. The van der Waals surface area contributed by atoms with Gasteiger partial charge in [-0.25, -0.2) is 4.39 Å². The van der Waals surface area contributed by atoms with Gasteiger partial charge in [0.25, 0.3) is 0 Å². The minimum Gasteiger partial charge on any atom is -0.312 e. The fraction of sp³-hybridized carbons (Fsp3) is 0.286. The molecular formula is C14H15ClFNS. The van der Waals surface area contributed by atoms with Gasteiger partial charge >= 0.3 is 0 Å². The van der Waals surface area contributed by atoms with E-state index in [1.807, 2.05) is 6.07 Å². The molecule has 96 valence electrons. The molecule has 0 saturated carbocycles. The third kappa shape index (κ3) is 3.55. The van der Waals surface area contributed by atoms with Crippen LogP contribution in [-0.4, -0.2) is 6.54 Å². The lowest BCUT2D eigenvalue weighted by atomic mass is 10.2. The summed E-state index contributed by atoms with van der Waals surface area (Å²) in [6, 6.07) is 8.71. The summed E-state index contributed by atoms with van der Waals surface area (Å²) in [4.78, 5) is 2.29. The molecule has 18 heavy (non-hydrogen) atoms. The fourth-order valence-corrected chi connectivity index (χ4v) is 2.90. The first-order valence-corrected chi connectivity index (χ1v) is 7.14. The number of hydrogen-bond acceptors (Lipinski definition) is 2. The molecule has 1 nitrogen and oxygen atoms in total. The highest BCUT2D eigenvalue weighted by Gasteiger charge is 2.05. The molecule has 0 spiro atoms. The average molecular weight is 284 g/mol. The van der Waals surface area contributed by atoms with Gasteiger partial charge in [-0.2, -0.15) is 0 Å². The van der Waals surface area contributed by atoms with E-state index in [4.69, 9.17) is 11.6 Å². The Labute approximate surface area is 116 Å². The topological polar surface area (TPSA) is 12.0 Å². The molecule has 0 atom stereocenters. The van der Waals surface area contributed by atoms with Crippen LogP contribution in [0.1, 0.15) is 18.2 Å². The zero-order chi connectivity index (χ0) is 13.0. The molecule has 1 N–H and O–H groups in total. The van der Waals surface area contributed by atoms with Crippen LogP contribution in [0.5, 0.6) is 0 Å². The van der Waals surface area contributed by atoms with Gasteiger partial charge in [0.1, 0.15) is 5.82 Å². The maximum Gasteiger partial charge on any atom is 0.125 e. The van der Waals surface area contributed by atoms with Crippen LogP contribution in [0.3, 0.4) is 0 Å². The Kier molecular flexibility index (Phi) is 4.75. The second-order valence-corrected chi connectivity index (χ2v) is 5.71. The third-order valence-corrected chi connectivity index (χ3v) is 3.89. The first-order valence-electron chi connectivity index (χ1n) is 5.95. The fourth-order valence-electron chi connectivity index (χ4n) is 1.71. The minimum atomic E-state index is -0.295. The first kappa shape index (κ1) is 13.5. The quantitative estimate of drug-likeness (QED) is 0.784. The lowest BCUT2D eigenvalue weighted by Crippen LogP contribution is -2.12. The molecule has 0 bridgehead atoms. The van der Waals surface area contributed by atoms with Gasteiger partial charge < -0.3 is 5.32 Å². The van der Waals surface area contributed by atoms with E-state index >= 15 is 0 Å². The van der Waals surface area contributed by atoms with Gasteiger partial charge in [-0.3, -0.25) is 0 Å². The monoisotopic (exact) mass is 283 g/mol. The summed E-state index contributed by atoms with van der Waals surface area (Å²) in [7, 11) is 0. The number of rotatable bonds is 5. The standard InChI is InChI=1S/C14H15ClFNS/c1-2-5-17-9-13-3-4-14(18-13)10-6-11(15)8-12(16)7-10/h3-4,6-8,17H,2,5,9H2,1H3. The van der Waals surface area contributed by atoms with Crippen LogP contribution in [0.25, 0.3) is 10.4 Å². The Balaban J connectivity index is 2.13. The number of halogens is 2. The molecule has 0 amide bonds. The van der Waals surface area contributed by atoms with Crippen LogP contribution >= 0.6 is 22.9 Å². The molecule has 1 aromatic heterocycles. The van der Waals surface area contributed by atoms with Crippen molar-refractivity contribution < 1.29 is 4.39 Å². The van der Waals surface area contributed by atoms with Gasteiger partial charge in [0, 0.05) is 21.3 Å². The summed E-state index contributed by atoms with van der Waals surface area (Å²) in [6.45, 7) is 4.02. The largest absolute Gasteiger partial charge is 0.312 e. The second-order valence-electron chi connectivity index (χ2n) is 4.10. The summed E-state index contributed by atoms with van der Waals surface area (Å²) in [5, 5.41) is 3.78. The molecule has 1 aromatic carbocycles. The van der Waals surface area contributed by atoms with Crippen LogP contribution < -0.4 is 5.32 Å². The Morgan fingerprint density at radius 2 is 2.11 bits per heavy atom. The molecule has 0 radical (unpaired) electrons. The maximum absolute atomic E-state index is 13.3. The van der Waals surface area contributed by atoms with E-state index in [9.17, 15) is 4.39 Å². The molecule has 0 aliphatic carbocycles. The SMILES string of the molecule is CCCNCc1ccc(-c2cc(F)cc(Cl)c2)s1. The van der Waals surface area contributed by atoms with Crippen molar-refractivity contribution in [3.05, 3.63) is 46.0 Å². The lowest BCUT2D eigenvalue weighted by Gasteiger charge is -2.00. The van der Waals surface area contributed by atoms with Crippen LogP contribution in [0.4, 0.5) is 4.39 Å². The zero-order valence-electron chi connectivity index (χ0n) is 10.2. The highest BCUT2D eigenvalue weighted by Crippen LogP contribution is 2.30. The Bertz CT molecular complexity index is 504. The molecule has 4 heteroatoms. The van der Waals surface area contributed by atoms with E-state index in [1.54, 1.807) is 17.4 Å². The molecule has 0 aliphatic heterocycles. The van der Waals surface area contributed by atoms with Gasteiger partial charge in [-0.15, -0.1) is 11.3 Å².